The minimum atomic E-state index is -0.456. The van der Waals surface area contributed by atoms with E-state index in [-0.39, 0.29) is 41.9 Å². The molecule has 0 saturated carbocycles. The highest BCUT2D eigenvalue weighted by Crippen LogP contribution is 2.28. The molecule has 2 N–H and O–H groups in total. The van der Waals surface area contributed by atoms with Crippen molar-refractivity contribution in [2.75, 3.05) is 85.5 Å². The van der Waals surface area contributed by atoms with Crippen LogP contribution in [0.1, 0.15) is 68.6 Å². The maximum Gasteiger partial charge on any atom is 0.417 e. The molecule has 5 heterocycles. The van der Waals surface area contributed by atoms with Gasteiger partial charge in [0, 0.05) is 63.0 Å². The predicted octanol–water partition coefficient (Wildman–Crippen LogP) is 5.11. The second-order valence-electron chi connectivity index (χ2n) is 16.8. The first-order chi connectivity index (χ1) is 28.4. The highest BCUT2D eigenvalue weighted by atomic mass is 16.5. The van der Waals surface area contributed by atoms with E-state index in [4.69, 9.17) is 13.9 Å². The molecular weight excluding hydrogens is 755 g/mol. The van der Waals surface area contributed by atoms with E-state index in [1.165, 1.54) is 12.7 Å². The fourth-order valence-corrected chi connectivity index (χ4v) is 9.02. The number of carbonyl (C=O) groups is 4. The summed E-state index contributed by atoms with van der Waals surface area (Å²) in [6.07, 6.45) is 7.28. The number of piperidine rings is 3. The van der Waals surface area contributed by atoms with Crippen molar-refractivity contribution in [2.24, 2.45) is 11.8 Å². The van der Waals surface area contributed by atoms with Gasteiger partial charge in [0.15, 0.2) is 5.58 Å². The molecule has 0 aliphatic carbocycles. The van der Waals surface area contributed by atoms with Crippen molar-refractivity contribution in [3.05, 3.63) is 63.6 Å². The number of oxazole rings is 1. The van der Waals surface area contributed by atoms with Gasteiger partial charge in [-0.3, -0.25) is 14.6 Å². The third-order valence-electron chi connectivity index (χ3n) is 12.4. The summed E-state index contributed by atoms with van der Waals surface area (Å²) in [6, 6.07) is 12.4. The summed E-state index contributed by atoms with van der Waals surface area (Å²) in [5, 5.41) is 3.00. The molecule has 1 aromatic heterocycles. The Balaban J connectivity index is 0.000000226. The number of benzene rings is 2. The van der Waals surface area contributed by atoms with Crippen LogP contribution in [0.4, 0.5) is 15.3 Å². The van der Waals surface area contributed by atoms with Crippen molar-refractivity contribution in [1.82, 2.24) is 29.5 Å². The molecule has 0 bridgehead atoms. The number of ether oxygens (including phenoxy) is 2. The van der Waals surface area contributed by atoms with Crippen molar-refractivity contribution in [1.29, 1.82) is 0 Å². The molecular formula is C44H63N7O8. The van der Waals surface area contributed by atoms with E-state index in [0.29, 0.717) is 44.3 Å². The molecule has 15 nitrogen and oxygen atoms in total. The number of likely N-dealkylation sites (tertiary alicyclic amines) is 3. The van der Waals surface area contributed by atoms with Gasteiger partial charge < -0.3 is 43.7 Å². The first-order valence-corrected chi connectivity index (χ1v) is 21.3. The Labute approximate surface area is 347 Å². The number of carbonyl (C=O) groups excluding carboxylic acids is 4. The van der Waals surface area contributed by atoms with Gasteiger partial charge in [-0.15, -0.1) is 0 Å². The maximum atomic E-state index is 13.2. The lowest BCUT2D eigenvalue weighted by Gasteiger charge is -2.41. The van der Waals surface area contributed by atoms with E-state index in [1.54, 1.807) is 4.90 Å². The molecule has 0 spiro atoms. The van der Waals surface area contributed by atoms with Crippen LogP contribution in [-0.2, 0) is 31.9 Å². The van der Waals surface area contributed by atoms with Crippen LogP contribution in [0.15, 0.2) is 45.6 Å². The number of urea groups is 1. The molecule has 322 valence electrons. The van der Waals surface area contributed by atoms with Crippen molar-refractivity contribution in [3.63, 3.8) is 0 Å². The summed E-state index contributed by atoms with van der Waals surface area (Å²) in [7, 11) is 5.44. The van der Waals surface area contributed by atoms with E-state index in [0.717, 1.165) is 106 Å². The van der Waals surface area contributed by atoms with Crippen LogP contribution < -0.4 is 11.1 Å². The van der Waals surface area contributed by atoms with Gasteiger partial charge in [-0.2, -0.15) is 0 Å². The Morgan fingerprint density at radius 2 is 1.58 bits per heavy atom. The number of fused-ring (bicyclic) bond motifs is 2. The number of nitrogens with zero attached hydrogens (tertiary/aromatic N) is 5. The molecule has 4 amide bonds. The molecule has 1 atom stereocenters. The average molecular weight is 818 g/mol. The van der Waals surface area contributed by atoms with Gasteiger partial charge in [-0.05, 0) is 121 Å². The summed E-state index contributed by atoms with van der Waals surface area (Å²) in [5.41, 5.74) is 5.28. The number of amides is 4. The monoisotopic (exact) mass is 817 g/mol. The highest BCUT2D eigenvalue weighted by molar-refractivity contribution is 5.91. The SMILES string of the molecule is COC(=O)N1CCC(N2CCc3ccccc3NC2=O)CC1.Cc1cc(C[C@@H](C)C(=O)N2CCC(N3CCC(C(=O)OCCCN(C)C)CC3)CC2)cc2oc(=O)[nH]c12. The third-order valence-corrected chi connectivity index (χ3v) is 12.4. The number of hydrogen-bond acceptors (Lipinski definition) is 10. The smallest absolute Gasteiger partial charge is 0.417 e. The molecule has 2 aromatic carbocycles. The van der Waals surface area contributed by atoms with Gasteiger partial charge >= 0.3 is 23.8 Å². The number of hydrogen-bond donors (Lipinski definition) is 2. The number of H-pyrrole nitrogens is 1. The Hall–Kier alpha value is -4.89. The first-order valence-electron chi connectivity index (χ1n) is 21.3. The van der Waals surface area contributed by atoms with Gasteiger partial charge in [-0.25, -0.2) is 14.4 Å². The topological polar surface area (TPSA) is 161 Å². The third kappa shape index (κ3) is 11.4. The molecule has 0 radical (unpaired) electrons. The number of para-hydroxylation sites is 1. The number of anilines is 1. The fourth-order valence-electron chi connectivity index (χ4n) is 9.02. The van der Waals surface area contributed by atoms with E-state index in [9.17, 15) is 24.0 Å². The van der Waals surface area contributed by atoms with Gasteiger partial charge in [0.1, 0.15) is 0 Å². The lowest BCUT2D eigenvalue weighted by Crippen LogP contribution is -2.50. The van der Waals surface area contributed by atoms with Gasteiger partial charge in [0.05, 0.1) is 25.2 Å². The van der Waals surface area contributed by atoms with Crippen LogP contribution in [0.25, 0.3) is 11.1 Å². The van der Waals surface area contributed by atoms with Crippen LogP contribution >= 0.6 is 0 Å². The zero-order valence-corrected chi connectivity index (χ0v) is 35.5. The predicted molar refractivity (Wildman–Crippen MR) is 225 cm³/mol. The largest absolute Gasteiger partial charge is 0.465 e. The second kappa shape index (κ2) is 20.4. The summed E-state index contributed by atoms with van der Waals surface area (Å²) < 4.78 is 15.5. The number of nitrogens with one attached hydrogen (secondary N) is 2. The lowest BCUT2D eigenvalue weighted by atomic mass is 9.92. The van der Waals surface area contributed by atoms with E-state index < -0.39 is 5.76 Å². The van der Waals surface area contributed by atoms with Gasteiger partial charge in [0.2, 0.25) is 5.91 Å². The molecule has 3 aromatic rings. The second-order valence-corrected chi connectivity index (χ2v) is 16.8. The van der Waals surface area contributed by atoms with Crippen LogP contribution in [0, 0.1) is 18.8 Å². The van der Waals surface area contributed by atoms with E-state index in [2.05, 4.69) is 26.2 Å². The minimum Gasteiger partial charge on any atom is -0.465 e. The number of aryl methyl sites for hydroxylation is 1. The first kappa shape index (κ1) is 43.7. The molecule has 7 rings (SSSR count). The Kier molecular flexibility index (Phi) is 15.1. The normalized spacial score (nSPS) is 19.1. The van der Waals surface area contributed by atoms with Crippen molar-refractivity contribution >= 4 is 40.8 Å². The average Bonchev–Trinajstić information content (AvgIpc) is 3.54. The number of methoxy groups -OCH3 is 1. The molecule has 3 fully saturated rings. The Bertz CT molecular complexity index is 1960. The van der Waals surface area contributed by atoms with Crippen LogP contribution in [0.2, 0.25) is 0 Å². The highest BCUT2D eigenvalue weighted by Gasteiger charge is 2.34. The van der Waals surface area contributed by atoms with Crippen LogP contribution in [0.5, 0.6) is 0 Å². The number of aromatic nitrogens is 1. The van der Waals surface area contributed by atoms with Crippen LogP contribution in [0.3, 0.4) is 0 Å². The zero-order chi connectivity index (χ0) is 42.1. The van der Waals surface area contributed by atoms with Gasteiger partial charge in [0.25, 0.3) is 0 Å². The zero-order valence-electron chi connectivity index (χ0n) is 35.5. The minimum absolute atomic E-state index is 0.0141. The van der Waals surface area contributed by atoms with Crippen molar-refractivity contribution in [2.45, 2.75) is 83.7 Å². The number of rotatable bonds is 10. The Morgan fingerprint density at radius 1 is 0.898 bits per heavy atom. The summed E-state index contributed by atoms with van der Waals surface area (Å²) in [6.45, 7) is 10.7. The Morgan fingerprint density at radius 3 is 2.27 bits per heavy atom. The van der Waals surface area contributed by atoms with Crippen molar-refractivity contribution < 1.29 is 33.1 Å². The molecule has 4 aliphatic heterocycles. The van der Waals surface area contributed by atoms with Gasteiger partial charge in [-0.1, -0.05) is 31.2 Å². The maximum absolute atomic E-state index is 13.2. The number of aromatic amines is 1. The van der Waals surface area contributed by atoms with Crippen molar-refractivity contribution in [3.8, 4) is 0 Å². The number of esters is 1. The standard InChI is InChI=1S/C28H42N4O5.C16H21N3O3/c1-19-16-21(18-24-25(19)29-28(35)37-24)17-20(2)26(33)32-13-8-23(9-14-32)31-11-6-22(7-12-31)27(34)36-15-5-10-30(3)4;1-22-16(21)18-9-7-13(8-10-18)19-11-6-12-4-2-3-5-14(12)17-15(19)20/h16,18,20,22-23H,5-15,17H2,1-4H3,(H,29,35);2-5,13H,6-11H2,1H3,(H,17,20)/t20-;/m1./s1. The summed E-state index contributed by atoms with van der Waals surface area (Å²) >= 11 is 0. The van der Waals surface area contributed by atoms with E-state index in [1.807, 2.05) is 68.1 Å². The summed E-state index contributed by atoms with van der Waals surface area (Å²) in [5.74, 6) is -0.441. The lowest BCUT2D eigenvalue weighted by molar-refractivity contribution is -0.151. The molecule has 15 heteroatoms. The van der Waals surface area contributed by atoms with Crippen LogP contribution in [-0.4, -0.2) is 146 Å². The molecule has 3 saturated heterocycles. The fraction of sp³-hybridized carbons (Fsp3) is 0.614. The summed E-state index contributed by atoms with van der Waals surface area (Å²) in [4.78, 5) is 74.0. The molecule has 59 heavy (non-hydrogen) atoms. The van der Waals surface area contributed by atoms with E-state index >= 15 is 0 Å². The molecule has 0 unspecified atom stereocenters. The molecule has 4 aliphatic rings. The quantitative estimate of drug-likeness (QED) is 0.208.